The Hall–Kier alpha value is -2.87. The molecule has 0 saturated heterocycles. The molecule has 0 aliphatic heterocycles. The van der Waals surface area contributed by atoms with E-state index in [-0.39, 0.29) is 12.4 Å². The summed E-state index contributed by atoms with van der Waals surface area (Å²) in [5, 5.41) is 19.4. The van der Waals surface area contributed by atoms with Crippen LogP contribution in [0.15, 0.2) is 28.8 Å². The van der Waals surface area contributed by atoms with Crippen molar-refractivity contribution in [3.63, 3.8) is 0 Å². The first kappa shape index (κ1) is 17.9. The van der Waals surface area contributed by atoms with E-state index >= 15 is 0 Å². The first-order valence-corrected chi connectivity index (χ1v) is 8.33. The smallest absolute Gasteiger partial charge is 0.314 e. The standard InChI is InChI=1S/C18H21N3O5/c1-11-8-15(21-26-11)20-17(23)16(22)19-10-18(24)7-3-4-12-9-13(25-2)5-6-14(12)18/h5-6,8-9,24H,3-4,7,10H2,1-2H3,(H,19,22)(H,20,21,23). The number of rotatable bonds is 4. The Labute approximate surface area is 150 Å². The summed E-state index contributed by atoms with van der Waals surface area (Å²) in [7, 11) is 1.59. The molecular weight excluding hydrogens is 338 g/mol. The SMILES string of the molecule is COc1ccc2c(c1)CCCC2(O)CNC(=O)C(=O)Nc1cc(C)on1. The largest absolute Gasteiger partial charge is 0.497 e. The summed E-state index contributed by atoms with van der Waals surface area (Å²) >= 11 is 0. The van der Waals surface area contributed by atoms with Crippen molar-refractivity contribution < 1.29 is 24.0 Å². The van der Waals surface area contributed by atoms with Crippen LogP contribution in [0.4, 0.5) is 5.82 Å². The van der Waals surface area contributed by atoms with Crippen molar-refractivity contribution in [2.24, 2.45) is 0 Å². The van der Waals surface area contributed by atoms with Crippen LogP contribution in [0.2, 0.25) is 0 Å². The number of nitrogens with zero attached hydrogens (tertiary/aromatic N) is 1. The van der Waals surface area contributed by atoms with Gasteiger partial charge in [0.05, 0.1) is 13.7 Å². The summed E-state index contributed by atoms with van der Waals surface area (Å²) in [6.45, 7) is 1.62. The zero-order valence-electron chi connectivity index (χ0n) is 14.7. The van der Waals surface area contributed by atoms with E-state index in [9.17, 15) is 14.7 Å². The lowest BCUT2D eigenvalue weighted by atomic mass is 9.79. The highest BCUT2D eigenvalue weighted by atomic mass is 16.5. The normalized spacial score (nSPS) is 18.7. The van der Waals surface area contributed by atoms with Gasteiger partial charge in [0.25, 0.3) is 0 Å². The molecule has 0 saturated carbocycles. The number of aromatic nitrogens is 1. The van der Waals surface area contributed by atoms with Gasteiger partial charge in [-0.15, -0.1) is 0 Å². The molecule has 8 nitrogen and oxygen atoms in total. The second kappa shape index (κ2) is 7.17. The number of methoxy groups -OCH3 is 1. The average Bonchev–Trinajstić information content (AvgIpc) is 3.04. The first-order chi connectivity index (χ1) is 12.4. The molecule has 1 aromatic heterocycles. The molecule has 138 valence electrons. The summed E-state index contributed by atoms with van der Waals surface area (Å²) in [4.78, 5) is 24.0. The van der Waals surface area contributed by atoms with Crippen molar-refractivity contribution in [3.8, 4) is 5.75 Å². The van der Waals surface area contributed by atoms with Crippen LogP contribution < -0.4 is 15.4 Å². The maximum absolute atomic E-state index is 12.0. The van der Waals surface area contributed by atoms with Gasteiger partial charge in [0, 0.05) is 6.07 Å². The Morgan fingerprint density at radius 2 is 2.15 bits per heavy atom. The zero-order chi connectivity index (χ0) is 18.7. The van der Waals surface area contributed by atoms with Gasteiger partial charge in [-0.1, -0.05) is 11.2 Å². The molecule has 3 rings (SSSR count). The number of anilines is 1. The molecule has 26 heavy (non-hydrogen) atoms. The van der Waals surface area contributed by atoms with Crippen LogP contribution in [-0.4, -0.2) is 35.7 Å². The van der Waals surface area contributed by atoms with E-state index in [4.69, 9.17) is 9.26 Å². The van der Waals surface area contributed by atoms with E-state index < -0.39 is 17.4 Å². The van der Waals surface area contributed by atoms with E-state index in [0.717, 1.165) is 29.7 Å². The van der Waals surface area contributed by atoms with Crippen molar-refractivity contribution in [2.75, 3.05) is 19.0 Å². The van der Waals surface area contributed by atoms with Crippen molar-refractivity contribution >= 4 is 17.6 Å². The van der Waals surface area contributed by atoms with Crippen molar-refractivity contribution in [1.29, 1.82) is 0 Å². The Kier molecular flexibility index (Phi) is 4.94. The molecule has 0 fully saturated rings. The maximum atomic E-state index is 12.0. The molecule has 1 heterocycles. The number of hydrogen-bond acceptors (Lipinski definition) is 6. The molecule has 2 amide bonds. The highest BCUT2D eigenvalue weighted by Crippen LogP contribution is 2.36. The minimum Gasteiger partial charge on any atom is -0.497 e. The fourth-order valence-electron chi connectivity index (χ4n) is 3.15. The highest BCUT2D eigenvalue weighted by molar-refractivity contribution is 6.39. The van der Waals surface area contributed by atoms with E-state index in [0.29, 0.717) is 12.2 Å². The Morgan fingerprint density at radius 1 is 1.35 bits per heavy atom. The van der Waals surface area contributed by atoms with E-state index in [2.05, 4.69) is 15.8 Å². The van der Waals surface area contributed by atoms with Gasteiger partial charge >= 0.3 is 11.8 Å². The third kappa shape index (κ3) is 3.70. The third-order valence-electron chi connectivity index (χ3n) is 4.47. The Morgan fingerprint density at radius 3 is 2.85 bits per heavy atom. The summed E-state index contributed by atoms with van der Waals surface area (Å²) in [6.07, 6.45) is 2.10. The number of carbonyl (C=O) groups is 2. The number of amides is 2. The van der Waals surface area contributed by atoms with Crippen LogP contribution in [0.3, 0.4) is 0 Å². The minimum atomic E-state index is -1.22. The minimum absolute atomic E-state index is 0.0591. The summed E-state index contributed by atoms with van der Waals surface area (Å²) < 4.78 is 10.0. The molecule has 1 aliphatic rings. The van der Waals surface area contributed by atoms with Crippen molar-refractivity contribution in [1.82, 2.24) is 10.5 Å². The molecule has 1 aliphatic carbocycles. The summed E-state index contributed by atoms with van der Waals surface area (Å²) in [6, 6.07) is 6.97. The Balaban J connectivity index is 1.65. The van der Waals surface area contributed by atoms with Crippen LogP contribution in [-0.2, 0) is 21.6 Å². The number of fused-ring (bicyclic) bond motifs is 1. The van der Waals surface area contributed by atoms with Crippen LogP contribution in [0, 0.1) is 6.92 Å². The number of nitrogens with one attached hydrogen (secondary N) is 2. The lowest BCUT2D eigenvalue weighted by Crippen LogP contribution is -2.46. The molecule has 2 aromatic rings. The lowest BCUT2D eigenvalue weighted by Gasteiger charge is -2.34. The monoisotopic (exact) mass is 359 g/mol. The van der Waals surface area contributed by atoms with Gasteiger partial charge in [0.15, 0.2) is 5.82 Å². The van der Waals surface area contributed by atoms with Gasteiger partial charge in [-0.05, 0) is 49.4 Å². The van der Waals surface area contributed by atoms with Gasteiger partial charge in [0.2, 0.25) is 0 Å². The second-order valence-corrected chi connectivity index (χ2v) is 6.37. The van der Waals surface area contributed by atoms with Crippen molar-refractivity contribution in [2.45, 2.75) is 31.8 Å². The van der Waals surface area contributed by atoms with Crippen LogP contribution in [0.5, 0.6) is 5.75 Å². The molecule has 1 unspecified atom stereocenters. The molecule has 1 atom stereocenters. The molecule has 0 radical (unpaired) electrons. The average molecular weight is 359 g/mol. The molecule has 3 N–H and O–H groups in total. The van der Waals surface area contributed by atoms with E-state index in [1.807, 2.05) is 6.07 Å². The number of hydrogen-bond donors (Lipinski definition) is 3. The molecule has 8 heteroatoms. The van der Waals surface area contributed by atoms with Gasteiger partial charge in [0.1, 0.15) is 17.1 Å². The quantitative estimate of drug-likeness (QED) is 0.709. The Bertz CT molecular complexity index is 832. The number of aliphatic hydroxyl groups is 1. The zero-order valence-corrected chi connectivity index (χ0v) is 14.7. The van der Waals surface area contributed by atoms with Gasteiger partial charge in [-0.2, -0.15) is 0 Å². The summed E-state index contributed by atoms with van der Waals surface area (Å²) in [5.74, 6) is -0.313. The van der Waals surface area contributed by atoms with Crippen LogP contribution >= 0.6 is 0 Å². The topological polar surface area (TPSA) is 114 Å². The van der Waals surface area contributed by atoms with Gasteiger partial charge < -0.3 is 19.7 Å². The van der Waals surface area contributed by atoms with Crippen LogP contribution in [0.1, 0.15) is 29.7 Å². The first-order valence-electron chi connectivity index (χ1n) is 8.33. The molecule has 0 bridgehead atoms. The van der Waals surface area contributed by atoms with E-state index in [1.165, 1.54) is 6.07 Å². The third-order valence-corrected chi connectivity index (χ3v) is 4.47. The predicted octanol–water partition coefficient (Wildman–Crippen LogP) is 1.27. The van der Waals surface area contributed by atoms with Gasteiger partial charge in [-0.25, -0.2) is 0 Å². The second-order valence-electron chi connectivity index (χ2n) is 6.37. The lowest BCUT2D eigenvalue weighted by molar-refractivity contribution is -0.137. The summed E-state index contributed by atoms with van der Waals surface area (Å²) in [5.41, 5.74) is 0.507. The van der Waals surface area contributed by atoms with Gasteiger partial charge in [-0.3, -0.25) is 14.9 Å². The van der Waals surface area contributed by atoms with Crippen molar-refractivity contribution in [3.05, 3.63) is 41.2 Å². The molecule has 0 spiro atoms. The fourth-order valence-corrected chi connectivity index (χ4v) is 3.15. The number of ether oxygens (including phenoxy) is 1. The maximum Gasteiger partial charge on any atom is 0.314 e. The molecule has 1 aromatic carbocycles. The number of aryl methyl sites for hydroxylation is 2. The highest BCUT2D eigenvalue weighted by Gasteiger charge is 2.35. The molecular formula is C18H21N3O5. The van der Waals surface area contributed by atoms with Crippen LogP contribution in [0.25, 0.3) is 0 Å². The fraction of sp³-hybridized carbons (Fsp3) is 0.389. The van der Waals surface area contributed by atoms with E-state index in [1.54, 1.807) is 26.2 Å². The number of carbonyl (C=O) groups excluding carboxylic acids is 2. The predicted molar refractivity (Wildman–Crippen MR) is 92.7 cm³/mol. The number of benzene rings is 1.